The van der Waals surface area contributed by atoms with E-state index in [1.54, 1.807) is 0 Å². The molecule has 0 N–H and O–H groups in total. The van der Waals surface area contributed by atoms with E-state index in [4.69, 9.17) is 0 Å². The number of Topliss-reactive ketones (excluding diaryl/α,β-unsaturated/α-hetero) is 1. The number of ketones is 1. The fourth-order valence-corrected chi connectivity index (χ4v) is 3.72. The van der Waals surface area contributed by atoms with Crippen LogP contribution >= 0.6 is 0 Å². The van der Waals surface area contributed by atoms with Crippen LogP contribution in [0.1, 0.15) is 49.7 Å². The van der Waals surface area contributed by atoms with Gasteiger partial charge in [-0.2, -0.15) is 0 Å². The first-order valence-corrected chi connectivity index (χ1v) is 7.55. The number of allylic oxidation sites excluding steroid dienone is 1. The van der Waals surface area contributed by atoms with Gasteiger partial charge in [0.2, 0.25) is 0 Å². The van der Waals surface area contributed by atoms with Crippen LogP contribution in [0.2, 0.25) is 0 Å². The summed E-state index contributed by atoms with van der Waals surface area (Å²) >= 11 is 0. The summed E-state index contributed by atoms with van der Waals surface area (Å²) in [6.07, 6.45) is 9.37. The molecule has 100 valence electrons. The molecule has 0 unspecified atom stereocenters. The van der Waals surface area contributed by atoms with Crippen LogP contribution in [0.4, 0.5) is 0 Å². The molecule has 1 heteroatoms. The molecule has 2 aliphatic rings. The van der Waals surface area contributed by atoms with Gasteiger partial charge in [-0.1, -0.05) is 42.7 Å². The Hall–Kier alpha value is -1.37. The van der Waals surface area contributed by atoms with Crippen molar-refractivity contribution in [3.8, 4) is 0 Å². The van der Waals surface area contributed by atoms with E-state index in [0.717, 1.165) is 18.4 Å². The van der Waals surface area contributed by atoms with Gasteiger partial charge in [-0.05, 0) is 55.7 Å². The third kappa shape index (κ3) is 2.65. The largest absolute Gasteiger partial charge is 0.294 e. The molecule has 0 aliphatic heterocycles. The van der Waals surface area contributed by atoms with Crippen molar-refractivity contribution in [2.75, 3.05) is 0 Å². The normalized spacial score (nSPS) is 26.5. The van der Waals surface area contributed by atoms with Crippen molar-refractivity contribution in [1.29, 1.82) is 0 Å². The van der Waals surface area contributed by atoms with Gasteiger partial charge in [0.05, 0.1) is 0 Å². The van der Waals surface area contributed by atoms with E-state index in [0.29, 0.717) is 17.6 Å². The zero-order valence-electron chi connectivity index (χ0n) is 11.7. The highest BCUT2D eigenvalue weighted by Gasteiger charge is 2.36. The number of hydrogen-bond donors (Lipinski definition) is 0. The molecule has 0 heterocycles. The van der Waals surface area contributed by atoms with Crippen LogP contribution in [0.3, 0.4) is 0 Å². The number of benzene rings is 1. The van der Waals surface area contributed by atoms with Crippen LogP contribution in [0.15, 0.2) is 29.8 Å². The Balaban J connectivity index is 1.77. The molecule has 2 saturated carbocycles. The van der Waals surface area contributed by atoms with Crippen LogP contribution < -0.4 is 0 Å². The van der Waals surface area contributed by atoms with Gasteiger partial charge in [0.25, 0.3) is 0 Å². The van der Waals surface area contributed by atoms with Crippen LogP contribution in [0.25, 0.3) is 6.08 Å². The van der Waals surface area contributed by atoms with E-state index in [9.17, 15) is 4.79 Å². The van der Waals surface area contributed by atoms with Gasteiger partial charge in [-0.25, -0.2) is 0 Å². The van der Waals surface area contributed by atoms with E-state index in [-0.39, 0.29) is 0 Å². The standard InChI is InChI=1S/C18H22O/c1-13-5-4-6-14(11-13)12-16-9-10-17(18(16)19)15-7-2-3-8-15/h4-6,11-12,15,17H,2-3,7-10H2,1H3/b16-12+/t17-/m1/s1. The highest BCUT2D eigenvalue weighted by atomic mass is 16.1. The molecule has 0 aromatic heterocycles. The molecule has 3 rings (SSSR count). The molecule has 0 amide bonds. The molecule has 0 saturated heterocycles. The molecular weight excluding hydrogens is 232 g/mol. The Morgan fingerprint density at radius 1 is 1.16 bits per heavy atom. The molecule has 2 fully saturated rings. The van der Waals surface area contributed by atoms with Gasteiger partial charge in [0.15, 0.2) is 5.78 Å². The van der Waals surface area contributed by atoms with Crippen molar-refractivity contribution in [3.05, 3.63) is 41.0 Å². The molecule has 1 nitrogen and oxygen atoms in total. The van der Waals surface area contributed by atoms with Crippen LogP contribution in [-0.4, -0.2) is 5.78 Å². The lowest BCUT2D eigenvalue weighted by molar-refractivity contribution is -0.119. The van der Waals surface area contributed by atoms with Gasteiger partial charge < -0.3 is 0 Å². The fourth-order valence-electron chi connectivity index (χ4n) is 3.72. The minimum Gasteiger partial charge on any atom is -0.294 e. The quantitative estimate of drug-likeness (QED) is 0.708. The van der Waals surface area contributed by atoms with Gasteiger partial charge >= 0.3 is 0 Å². The van der Waals surface area contributed by atoms with Crippen molar-refractivity contribution in [2.24, 2.45) is 11.8 Å². The van der Waals surface area contributed by atoms with Crippen molar-refractivity contribution in [1.82, 2.24) is 0 Å². The number of hydrogen-bond acceptors (Lipinski definition) is 1. The maximum Gasteiger partial charge on any atom is 0.162 e. The van der Waals surface area contributed by atoms with E-state index in [1.165, 1.54) is 36.8 Å². The summed E-state index contributed by atoms with van der Waals surface area (Å²) in [7, 11) is 0. The summed E-state index contributed by atoms with van der Waals surface area (Å²) < 4.78 is 0. The summed E-state index contributed by atoms with van der Waals surface area (Å²) in [5.74, 6) is 1.45. The van der Waals surface area contributed by atoms with E-state index < -0.39 is 0 Å². The molecule has 1 aromatic carbocycles. The molecule has 0 spiro atoms. The Morgan fingerprint density at radius 2 is 1.95 bits per heavy atom. The molecule has 0 bridgehead atoms. The molecule has 19 heavy (non-hydrogen) atoms. The second-order valence-corrected chi connectivity index (χ2v) is 6.14. The predicted octanol–water partition coefficient (Wildman–Crippen LogP) is 4.55. The Labute approximate surface area is 115 Å². The first kappa shape index (κ1) is 12.7. The second kappa shape index (κ2) is 5.32. The zero-order chi connectivity index (χ0) is 13.2. The number of rotatable bonds is 2. The first-order chi connectivity index (χ1) is 9.24. The molecule has 1 atom stereocenters. The molecule has 0 radical (unpaired) electrons. The van der Waals surface area contributed by atoms with Crippen molar-refractivity contribution < 1.29 is 4.79 Å². The lowest BCUT2D eigenvalue weighted by Gasteiger charge is -2.15. The van der Waals surface area contributed by atoms with Gasteiger partial charge in [0.1, 0.15) is 0 Å². The fraction of sp³-hybridized carbons (Fsp3) is 0.500. The summed E-state index contributed by atoms with van der Waals surface area (Å²) in [6, 6.07) is 8.41. The summed E-state index contributed by atoms with van der Waals surface area (Å²) in [5, 5.41) is 0. The SMILES string of the molecule is Cc1cccc(/C=C2\CC[C@H](C3CCCC3)C2=O)c1. The Kier molecular flexibility index (Phi) is 3.54. The van der Waals surface area contributed by atoms with Crippen molar-refractivity contribution in [2.45, 2.75) is 45.4 Å². The maximum atomic E-state index is 12.5. The van der Waals surface area contributed by atoms with Crippen LogP contribution in [0, 0.1) is 18.8 Å². The first-order valence-electron chi connectivity index (χ1n) is 7.55. The van der Waals surface area contributed by atoms with Gasteiger partial charge in [0, 0.05) is 5.92 Å². The smallest absolute Gasteiger partial charge is 0.162 e. The lowest BCUT2D eigenvalue weighted by Crippen LogP contribution is -2.16. The molecular formula is C18H22O. The summed E-state index contributed by atoms with van der Waals surface area (Å²) in [5.41, 5.74) is 3.49. The van der Waals surface area contributed by atoms with Gasteiger partial charge in [-0.3, -0.25) is 4.79 Å². The number of carbonyl (C=O) groups is 1. The maximum absolute atomic E-state index is 12.5. The van der Waals surface area contributed by atoms with Crippen molar-refractivity contribution >= 4 is 11.9 Å². The predicted molar refractivity (Wildman–Crippen MR) is 78.8 cm³/mol. The second-order valence-electron chi connectivity index (χ2n) is 6.14. The van der Waals surface area contributed by atoms with Crippen LogP contribution in [-0.2, 0) is 4.79 Å². The minimum absolute atomic E-state index is 0.332. The molecule has 1 aromatic rings. The number of aryl methyl sites for hydroxylation is 1. The lowest BCUT2D eigenvalue weighted by atomic mass is 9.88. The Bertz CT molecular complexity index is 506. The van der Waals surface area contributed by atoms with Crippen molar-refractivity contribution in [3.63, 3.8) is 0 Å². The molecule has 2 aliphatic carbocycles. The van der Waals surface area contributed by atoms with E-state index >= 15 is 0 Å². The minimum atomic E-state index is 0.332. The van der Waals surface area contributed by atoms with Crippen LogP contribution in [0.5, 0.6) is 0 Å². The Morgan fingerprint density at radius 3 is 2.68 bits per heavy atom. The zero-order valence-corrected chi connectivity index (χ0v) is 11.7. The summed E-state index contributed by atoms with van der Waals surface area (Å²) in [4.78, 5) is 12.5. The number of carbonyl (C=O) groups excluding carboxylic acids is 1. The average molecular weight is 254 g/mol. The average Bonchev–Trinajstić information content (AvgIpc) is 3.01. The summed E-state index contributed by atoms with van der Waals surface area (Å²) in [6.45, 7) is 2.10. The van der Waals surface area contributed by atoms with E-state index in [1.807, 2.05) is 0 Å². The third-order valence-corrected chi connectivity index (χ3v) is 4.73. The third-order valence-electron chi connectivity index (χ3n) is 4.73. The highest BCUT2D eigenvalue weighted by Crippen LogP contribution is 2.40. The topological polar surface area (TPSA) is 17.1 Å². The van der Waals surface area contributed by atoms with Gasteiger partial charge in [-0.15, -0.1) is 0 Å². The monoisotopic (exact) mass is 254 g/mol. The highest BCUT2D eigenvalue weighted by molar-refractivity contribution is 6.03. The van der Waals surface area contributed by atoms with E-state index in [2.05, 4.69) is 37.3 Å².